The van der Waals surface area contributed by atoms with Crippen molar-refractivity contribution in [1.82, 2.24) is 5.32 Å². The maximum Gasteiger partial charge on any atom is 0.257 e. The second-order valence-corrected chi connectivity index (χ2v) is 7.50. The molecule has 0 aliphatic rings. The van der Waals surface area contributed by atoms with Gasteiger partial charge in [0, 0.05) is 5.56 Å². The van der Waals surface area contributed by atoms with Crippen LogP contribution in [0.4, 0.5) is 5.69 Å². The number of hydrogen-bond donors (Lipinski definition) is 3. The van der Waals surface area contributed by atoms with E-state index in [0.717, 1.165) is 12.0 Å². The highest BCUT2D eigenvalue weighted by Crippen LogP contribution is 2.39. The van der Waals surface area contributed by atoms with Crippen molar-refractivity contribution in [2.24, 2.45) is 0 Å². The number of carbonyl (C=O) groups excluding carboxylic acids is 1. The molecule has 0 radical (unpaired) electrons. The number of carbonyl (C=O) groups is 1. The maximum absolute atomic E-state index is 12.9. The van der Waals surface area contributed by atoms with Gasteiger partial charge in [-0.25, -0.2) is 0 Å². The number of rotatable bonds is 10. The highest BCUT2D eigenvalue weighted by Gasteiger charge is 2.19. The molecule has 0 unspecified atom stereocenters. The summed E-state index contributed by atoms with van der Waals surface area (Å²) < 4.78 is 17.0. The molecule has 0 bridgehead atoms. The summed E-state index contributed by atoms with van der Waals surface area (Å²) in [6.45, 7) is 11.0. The summed E-state index contributed by atoms with van der Waals surface area (Å²) in [5.74, 6) is 1.24. The fourth-order valence-electron chi connectivity index (χ4n) is 3.04. The lowest BCUT2D eigenvalue weighted by Gasteiger charge is -2.17. The summed E-state index contributed by atoms with van der Waals surface area (Å²) in [5, 5.41) is 15.8. The van der Waals surface area contributed by atoms with E-state index in [-0.39, 0.29) is 10.9 Å². The lowest BCUT2D eigenvalue weighted by molar-refractivity contribution is 0.0976. The Labute approximate surface area is 195 Å². The van der Waals surface area contributed by atoms with E-state index in [0.29, 0.717) is 54.2 Å². The SMILES string of the molecule is CCOc1cc(C(=O)NC(=S)Nc2cc([C@H](C)CC)ccc2O)cc(OCC)c1OCC. The maximum atomic E-state index is 12.9. The van der Waals surface area contributed by atoms with Crippen molar-refractivity contribution in [1.29, 1.82) is 0 Å². The van der Waals surface area contributed by atoms with Crippen LogP contribution >= 0.6 is 12.2 Å². The number of amides is 1. The Hall–Kier alpha value is -3.00. The van der Waals surface area contributed by atoms with Gasteiger partial charge in [-0.3, -0.25) is 10.1 Å². The first kappa shape index (κ1) is 25.3. The van der Waals surface area contributed by atoms with Crippen molar-refractivity contribution in [3.8, 4) is 23.0 Å². The number of anilines is 1. The minimum Gasteiger partial charge on any atom is -0.506 e. The van der Waals surface area contributed by atoms with Gasteiger partial charge in [0.05, 0.1) is 25.5 Å². The number of hydrogen-bond acceptors (Lipinski definition) is 6. The van der Waals surface area contributed by atoms with Gasteiger partial charge in [-0.15, -0.1) is 0 Å². The van der Waals surface area contributed by atoms with Gasteiger partial charge in [-0.1, -0.05) is 19.9 Å². The van der Waals surface area contributed by atoms with E-state index in [1.807, 2.05) is 32.9 Å². The summed E-state index contributed by atoms with van der Waals surface area (Å²) in [7, 11) is 0. The number of thiocarbonyl (C=S) groups is 1. The molecule has 3 N–H and O–H groups in total. The first-order valence-corrected chi connectivity index (χ1v) is 11.3. The van der Waals surface area contributed by atoms with E-state index >= 15 is 0 Å². The zero-order valence-corrected chi connectivity index (χ0v) is 20.1. The van der Waals surface area contributed by atoms with Gasteiger partial charge >= 0.3 is 0 Å². The molecular formula is C24H32N2O5S. The minimum absolute atomic E-state index is 0.0481. The molecule has 2 aromatic carbocycles. The Balaban J connectivity index is 2.24. The van der Waals surface area contributed by atoms with Gasteiger partial charge in [-0.05, 0) is 75.2 Å². The van der Waals surface area contributed by atoms with Gasteiger partial charge in [0.25, 0.3) is 5.91 Å². The fourth-order valence-corrected chi connectivity index (χ4v) is 3.25. The molecule has 2 rings (SSSR count). The standard InChI is InChI=1S/C24H32N2O5S/c1-6-15(5)16-10-11-19(27)18(12-16)25-24(32)26-23(28)17-13-20(29-7-2)22(31-9-4)21(14-17)30-8-3/h10-15,27H,6-9H2,1-5H3,(H2,25,26,28,32)/t15-/m1/s1. The smallest absolute Gasteiger partial charge is 0.257 e. The molecule has 0 aliphatic heterocycles. The first-order chi connectivity index (χ1) is 15.3. The quantitative estimate of drug-likeness (QED) is 0.330. The van der Waals surface area contributed by atoms with E-state index in [2.05, 4.69) is 24.5 Å². The number of phenols is 1. The zero-order valence-electron chi connectivity index (χ0n) is 19.3. The minimum atomic E-state index is -0.440. The van der Waals surface area contributed by atoms with Crippen LogP contribution in [-0.2, 0) is 0 Å². The first-order valence-electron chi connectivity index (χ1n) is 10.9. The van der Waals surface area contributed by atoms with Gasteiger partial charge in [0.2, 0.25) is 5.75 Å². The van der Waals surface area contributed by atoms with Gasteiger partial charge in [0.1, 0.15) is 5.75 Å². The monoisotopic (exact) mass is 460 g/mol. The Morgan fingerprint density at radius 1 is 1.00 bits per heavy atom. The summed E-state index contributed by atoms with van der Waals surface area (Å²) in [5.41, 5.74) is 1.81. The third kappa shape index (κ3) is 6.50. The van der Waals surface area contributed by atoms with Crippen LogP contribution in [0, 0.1) is 0 Å². The van der Waals surface area contributed by atoms with E-state index < -0.39 is 5.91 Å². The second kappa shape index (κ2) is 12.1. The molecule has 0 spiro atoms. The van der Waals surface area contributed by atoms with Gasteiger partial charge in [-0.2, -0.15) is 0 Å². The molecule has 0 fully saturated rings. The van der Waals surface area contributed by atoms with Crippen molar-refractivity contribution in [3.63, 3.8) is 0 Å². The van der Waals surface area contributed by atoms with Gasteiger partial charge in [0.15, 0.2) is 16.6 Å². The fraction of sp³-hybridized carbons (Fsp3) is 0.417. The lowest BCUT2D eigenvalue weighted by Crippen LogP contribution is -2.34. The predicted octanol–water partition coefficient (Wildman–Crippen LogP) is 5.23. The molecule has 7 nitrogen and oxygen atoms in total. The Morgan fingerprint density at radius 3 is 2.12 bits per heavy atom. The van der Waals surface area contributed by atoms with Crippen LogP contribution in [0.15, 0.2) is 30.3 Å². The Bertz CT molecular complexity index is 921. The van der Waals surface area contributed by atoms with Crippen molar-refractivity contribution in [2.75, 3.05) is 25.1 Å². The molecule has 0 aromatic heterocycles. The lowest BCUT2D eigenvalue weighted by atomic mass is 9.98. The summed E-state index contributed by atoms with van der Waals surface area (Å²) in [6.07, 6.45) is 0.966. The largest absolute Gasteiger partial charge is 0.506 e. The van der Waals surface area contributed by atoms with E-state index in [1.54, 1.807) is 18.2 Å². The topological polar surface area (TPSA) is 89.1 Å². The predicted molar refractivity (Wildman–Crippen MR) is 130 cm³/mol. The number of ether oxygens (including phenoxy) is 3. The van der Waals surface area contributed by atoms with Crippen LogP contribution in [0.1, 0.15) is 62.9 Å². The van der Waals surface area contributed by atoms with Crippen LogP contribution in [0.2, 0.25) is 0 Å². The number of benzene rings is 2. The second-order valence-electron chi connectivity index (χ2n) is 7.09. The third-order valence-corrected chi connectivity index (χ3v) is 5.05. The third-order valence-electron chi connectivity index (χ3n) is 4.85. The molecule has 2 aromatic rings. The average molecular weight is 461 g/mol. The molecule has 0 heterocycles. The Kier molecular flexibility index (Phi) is 9.59. The van der Waals surface area contributed by atoms with Crippen LogP contribution in [-0.4, -0.2) is 35.9 Å². The van der Waals surface area contributed by atoms with E-state index in [1.165, 1.54) is 0 Å². The molecule has 174 valence electrons. The summed E-state index contributed by atoms with van der Waals surface area (Å²) in [6, 6.07) is 8.51. The highest BCUT2D eigenvalue weighted by molar-refractivity contribution is 7.80. The number of aromatic hydroxyl groups is 1. The van der Waals surface area contributed by atoms with E-state index in [9.17, 15) is 9.90 Å². The number of nitrogens with one attached hydrogen (secondary N) is 2. The van der Waals surface area contributed by atoms with E-state index in [4.69, 9.17) is 26.4 Å². The van der Waals surface area contributed by atoms with Gasteiger partial charge < -0.3 is 24.6 Å². The summed E-state index contributed by atoms with van der Waals surface area (Å²) >= 11 is 5.30. The Morgan fingerprint density at radius 2 is 1.59 bits per heavy atom. The molecular weight excluding hydrogens is 428 g/mol. The normalized spacial score (nSPS) is 11.4. The van der Waals surface area contributed by atoms with Crippen LogP contribution in [0.3, 0.4) is 0 Å². The zero-order chi connectivity index (χ0) is 23.7. The average Bonchev–Trinajstić information content (AvgIpc) is 2.76. The highest BCUT2D eigenvalue weighted by atomic mass is 32.1. The molecule has 0 aliphatic carbocycles. The van der Waals surface area contributed by atoms with Crippen molar-refractivity contribution >= 4 is 28.9 Å². The molecule has 32 heavy (non-hydrogen) atoms. The molecule has 0 saturated heterocycles. The van der Waals surface area contributed by atoms with Crippen molar-refractivity contribution in [2.45, 2.75) is 47.0 Å². The summed E-state index contributed by atoms with van der Waals surface area (Å²) in [4.78, 5) is 12.9. The molecule has 1 amide bonds. The van der Waals surface area contributed by atoms with Crippen molar-refractivity contribution in [3.05, 3.63) is 41.5 Å². The molecule has 8 heteroatoms. The van der Waals surface area contributed by atoms with Crippen LogP contribution in [0.5, 0.6) is 23.0 Å². The molecule has 1 atom stereocenters. The van der Waals surface area contributed by atoms with Crippen molar-refractivity contribution < 1.29 is 24.1 Å². The van der Waals surface area contributed by atoms with Crippen LogP contribution in [0.25, 0.3) is 0 Å². The number of phenolic OH excluding ortho intramolecular Hbond substituents is 1. The molecule has 0 saturated carbocycles. The van der Waals surface area contributed by atoms with Crippen LogP contribution < -0.4 is 24.8 Å².